The predicted molar refractivity (Wildman–Crippen MR) is 83.4 cm³/mol. The van der Waals surface area contributed by atoms with Crippen LogP contribution >= 0.6 is 0 Å². The first-order valence-corrected chi connectivity index (χ1v) is 8.07. The van der Waals surface area contributed by atoms with E-state index >= 15 is 0 Å². The third kappa shape index (κ3) is 4.30. The van der Waals surface area contributed by atoms with E-state index in [0.717, 1.165) is 0 Å². The molecule has 0 bridgehead atoms. The second-order valence-electron chi connectivity index (χ2n) is 6.08. The SMILES string of the molecule is O=C(NCc1cccc(F)c1)NCc1nnc2n1CC[C@@H](C(F)(F)F)C2. The summed E-state index contributed by atoms with van der Waals surface area (Å²) in [6, 6.07) is 5.35. The number of benzene rings is 1. The molecule has 1 aromatic carbocycles. The number of carbonyl (C=O) groups is 1. The largest absolute Gasteiger partial charge is 0.392 e. The van der Waals surface area contributed by atoms with E-state index in [4.69, 9.17) is 0 Å². The van der Waals surface area contributed by atoms with Crippen LogP contribution in [0.3, 0.4) is 0 Å². The quantitative estimate of drug-likeness (QED) is 0.812. The predicted octanol–water partition coefficient (Wildman–Crippen LogP) is 2.54. The highest BCUT2D eigenvalue weighted by Crippen LogP contribution is 2.34. The lowest BCUT2D eigenvalue weighted by atomic mass is 9.97. The minimum atomic E-state index is -4.24. The Hall–Kier alpha value is -2.65. The third-order valence-electron chi connectivity index (χ3n) is 4.25. The monoisotopic (exact) mass is 371 g/mol. The van der Waals surface area contributed by atoms with Crippen LogP contribution in [0.15, 0.2) is 24.3 Å². The van der Waals surface area contributed by atoms with Gasteiger partial charge in [0.15, 0.2) is 5.82 Å². The average Bonchev–Trinajstić information content (AvgIpc) is 3.00. The van der Waals surface area contributed by atoms with Gasteiger partial charge in [-0.3, -0.25) is 0 Å². The Kier molecular flexibility index (Phi) is 5.10. The van der Waals surface area contributed by atoms with Gasteiger partial charge in [-0.05, 0) is 24.1 Å². The Morgan fingerprint density at radius 3 is 2.73 bits per heavy atom. The van der Waals surface area contributed by atoms with Gasteiger partial charge >= 0.3 is 12.2 Å². The average molecular weight is 371 g/mol. The molecule has 0 fully saturated rings. The number of fused-ring (bicyclic) bond motifs is 1. The molecule has 10 heteroatoms. The number of rotatable bonds is 4. The fourth-order valence-electron chi connectivity index (χ4n) is 2.85. The van der Waals surface area contributed by atoms with Crippen molar-refractivity contribution < 1.29 is 22.4 Å². The molecule has 3 rings (SSSR count). The molecule has 2 aromatic rings. The summed E-state index contributed by atoms with van der Waals surface area (Å²) in [5.41, 5.74) is 0.609. The van der Waals surface area contributed by atoms with Crippen molar-refractivity contribution in [3.05, 3.63) is 47.3 Å². The standard InChI is InChI=1S/C16H17F4N5O/c17-12-3-1-2-10(6-12)8-21-15(26)22-9-14-24-23-13-7-11(16(18,19)20)4-5-25(13)14/h1-3,6,11H,4-5,7-9H2,(H2,21,22,26)/t11-/m1/s1. The molecule has 1 atom stereocenters. The van der Waals surface area contributed by atoms with Crippen LogP contribution in [-0.4, -0.2) is 27.0 Å². The van der Waals surface area contributed by atoms with E-state index in [1.54, 1.807) is 16.7 Å². The zero-order valence-corrected chi connectivity index (χ0v) is 13.7. The maximum Gasteiger partial charge on any atom is 0.392 e. The van der Waals surface area contributed by atoms with Crippen LogP contribution in [0.1, 0.15) is 23.6 Å². The van der Waals surface area contributed by atoms with Crippen LogP contribution < -0.4 is 10.6 Å². The first kappa shape index (κ1) is 18.2. The molecule has 2 amide bonds. The van der Waals surface area contributed by atoms with Crippen LogP contribution in [0.25, 0.3) is 0 Å². The molecule has 6 nitrogen and oxygen atoms in total. The molecule has 0 saturated carbocycles. The molecular weight excluding hydrogens is 354 g/mol. The Morgan fingerprint density at radius 2 is 2.00 bits per heavy atom. The van der Waals surface area contributed by atoms with E-state index in [0.29, 0.717) is 11.4 Å². The molecule has 26 heavy (non-hydrogen) atoms. The van der Waals surface area contributed by atoms with E-state index in [1.165, 1.54) is 12.1 Å². The molecule has 2 heterocycles. The normalized spacial score (nSPS) is 16.8. The van der Waals surface area contributed by atoms with Gasteiger partial charge in [0, 0.05) is 19.5 Å². The van der Waals surface area contributed by atoms with Gasteiger partial charge in [-0.15, -0.1) is 10.2 Å². The van der Waals surface area contributed by atoms with E-state index in [1.807, 2.05) is 0 Å². The fourth-order valence-corrected chi connectivity index (χ4v) is 2.85. The molecule has 1 aromatic heterocycles. The Bertz CT molecular complexity index is 789. The number of alkyl halides is 3. The smallest absolute Gasteiger partial charge is 0.334 e. The molecule has 2 N–H and O–H groups in total. The second kappa shape index (κ2) is 7.30. The molecule has 0 saturated heterocycles. The number of halogens is 4. The number of hydrogen-bond donors (Lipinski definition) is 2. The highest BCUT2D eigenvalue weighted by Gasteiger charge is 2.42. The topological polar surface area (TPSA) is 71.8 Å². The minimum Gasteiger partial charge on any atom is -0.334 e. The van der Waals surface area contributed by atoms with Crippen molar-refractivity contribution in [1.29, 1.82) is 0 Å². The van der Waals surface area contributed by atoms with Crippen LogP contribution in [0.5, 0.6) is 0 Å². The zero-order chi connectivity index (χ0) is 18.7. The molecule has 0 spiro atoms. The first-order chi connectivity index (χ1) is 12.3. The van der Waals surface area contributed by atoms with Gasteiger partial charge in [0.05, 0.1) is 12.5 Å². The van der Waals surface area contributed by atoms with Crippen LogP contribution in [-0.2, 0) is 26.1 Å². The van der Waals surface area contributed by atoms with E-state index in [9.17, 15) is 22.4 Å². The Labute approximate surface area is 146 Å². The molecule has 0 radical (unpaired) electrons. The number of nitrogens with zero attached hydrogens (tertiary/aromatic N) is 3. The number of carbonyl (C=O) groups excluding carboxylic acids is 1. The van der Waals surface area contributed by atoms with Crippen molar-refractivity contribution in [3.63, 3.8) is 0 Å². The first-order valence-electron chi connectivity index (χ1n) is 8.07. The summed E-state index contributed by atoms with van der Waals surface area (Å²) in [6.45, 7) is 0.349. The van der Waals surface area contributed by atoms with Gasteiger partial charge in [-0.2, -0.15) is 13.2 Å². The highest BCUT2D eigenvalue weighted by molar-refractivity contribution is 5.73. The van der Waals surface area contributed by atoms with Crippen molar-refractivity contribution in [3.8, 4) is 0 Å². The lowest BCUT2D eigenvalue weighted by Crippen LogP contribution is -2.36. The molecule has 0 unspecified atom stereocenters. The van der Waals surface area contributed by atoms with E-state index < -0.39 is 23.9 Å². The van der Waals surface area contributed by atoms with E-state index in [-0.39, 0.29) is 38.3 Å². The second-order valence-corrected chi connectivity index (χ2v) is 6.08. The molecule has 0 aliphatic carbocycles. The van der Waals surface area contributed by atoms with Crippen LogP contribution in [0, 0.1) is 11.7 Å². The Morgan fingerprint density at radius 1 is 1.23 bits per heavy atom. The third-order valence-corrected chi connectivity index (χ3v) is 4.25. The summed E-state index contributed by atoms with van der Waals surface area (Å²) in [6.07, 6.45) is -4.48. The summed E-state index contributed by atoms with van der Waals surface area (Å²) in [5.74, 6) is -1.12. The van der Waals surface area contributed by atoms with Crippen molar-refractivity contribution in [2.75, 3.05) is 0 Å². The Balaban J connectivity index is 1.51. The number of aromatic nitrogens is 3. The number of urea groups is 1. The molecule has 1 aliphatic rings. The van der Waals surface area contributed by atoms with Crippen molar-refractivity contribution >= 4 is 6.03 Å². The maximum absolute atomic E-state index is 13.1. The van der Waals surface area contributed by atoms with Gasteiger partial charge in [0.1, 0.15) is 11.6 Å². The highest BCUT2D eigenvalue weighted by atomic mass is 19.4. The van der Waals surface area contributed by atoms with E-state index in [2.05, 4.69) is 20.8 Å². The summed E-state index contributed by atoms with van der Waals surface area (Å²) in [4.78, 5) is 11.8. The lowest BCUT2D eigenvalue weighted by molar-refractivity contribution is -0.179. The number of amides is 2. The van der Waals surface area contributed by atoms with Gasteiger partial charge < -0.3 is 15.2 Å². The summed E-state index contributed by atoms with van der Waals surface area (Å²) in [7, 11) is 0. The minimum absolute atomic E-state index is 0.0344. The molecule has 1 aliphatic heterocycles. The summed E-state index contributed by atoms with van der Waals surface area (Å²) in [5, 5.41) is 12.8. The van der Waals surface area contributed by atoms with Gasteiger partial charge in [-0.1, -0.05) is 12.1 Å². The lowest BCUT2D eigenvalue weighted by Gasteiger charge is -2.25. The van der Waals surface area contributed by atoms with Crippen molar-refractivity contribution in [2.24, 2.45) is 5.92 Å². The van der Waals surface area contributed by atoms with Gasteiger partial charge in [0.2, 0.25) is 0 Å². The molecular formula is C16H17F4N5O. The van der Waals surface area contributed by atoms with Crippen molar-refractivity contribution in [1.82, 2.24) is 25.4 Å². The number of nitrogens with one attached hydrogen (secondary N) is 2. The zero-order valence-electron chi connectivity index (χ0n) is 13.7. The van der Waals surface area contributed by atoms with Crippen LogP contribution in [0.4, 0.5) is 22.4 Å². The van der Waals surface area contributed by atoms with Crippen LogP contribution in [0.2, 0.25) is 0 Å². The number of hydrogen-bond acceptors (Lipinski definition) is 3. The summed E-state index contributed by atoms with van der Waals surface area (Å²) >= 11 is 0. The van der Waals surface area contributed by atoms with Crippen molar-refractivity contribution in [2.45, 2.75) is 38.7 Å². The molecule has 140 valence electrons. The van der Waals surface area contributed by atoms with Gasteiger partial charge in [-0.25, -0.2) is 9.18 Å². The van der Waals surface area contributed by atoms with Gasteiger partial charge in [0.25, 0.3) is 0 Å². The maximum atomic E-state index is 13.1. The summed E-state index contributed by atoms with van der Waals surface area (Å²) < 4.78 is 53.1. The fraction of sp³-hybridized carbons (Fsp3) is 0.438.